The van der Waals surface area contributed by atoms with E-state index in [9.17, 15) is 0 Å². The van der Waals surface area contributed by atoms with E-state index in [-0.39, 0.29) is 6.04 Å². The first-order valence-electron chi connectivity index (χ1n) is 17.9. The predicted molar refractivity (Wildman–Crippen MR) is 225 cm³/mol. The summed E-state index contributed by atoms with van der Waals surface area (Å²) >= 11 is 0. The molecule has 1 atom stereocenters. The number of amidine groups is 2. The van der Waals surface area contributed by atoms with Crippen LogP contribution in [0.15, 0.2) is 186 Å². The molecular formula is C48H41N5. The Morgan fingerprint density at radius 1 is 0.547 bits per heavy atom. The van der Waals surface area contributed by atoms with E-state index in [1.54, 1.807) is 0 Å². The molecule has 0 saturated carbocycles. The maximum atomic E-state index is 6.67. The Balaban J connectivity index is 1.09. The Morgan fingerprint density at radius 2 is 1.08 bits per heavy atom. The lowest BCUT2D eigenvalue weighted by molar-refractivity contribution is 0.818. The first-order chi connectivity index (χ1) is 25.9. The summed E-state index contributed by atoms with van der Waals surface area (Å²) in [5, 5.41) is 2.40. The van der Waals surface area contributed by atoms with Gasteiger partial charge in [0.1, 0.15) is 11.7 Å². The van der Waals surface area contributed by atoms with Crippen LogP contribution < -0.4 is 15.5 Å². The normalized spacial score (nSPS) is 13.8. The van der Waals surface area contributed by atoms with E-state index in [0.717, 1.165) is 28.1 Å². The van der Waals surface area contributed by atoms with Crippen molar-refractivity contribution in [2.75, 3.05) is 23.9 Å². The Bertz CT molecular complexity index is 2500. The van der Waals surface area contributed by atoms with E-state index in [1.807, 2.05) is 60.7 Å². The van der Waals surface area contributed by atoms with Gasteiger partial charge in [-0.1, -0.05) is 164 Å². The van der Waals surface area contributed by atoms with Gasteiger partial charge in [-0.25, -0.2) is 4.99 Å². The molecule has 1 aliphatic heterocycles. The number of anilines is 2. The zero-order valence-electron chi connectivity index (χ0n) is 30.2. The van der Waals surface area contributed by atoms with Crippen LogP contribution in [0.4, 0.5) is 11.4 Å². The smallest absolute Gasteiger partial charge is 0.157 e. The monoisotopic (exact) mass is 687 g/mol. The highest BCUT2D eigenvalue weighted by Crippen LogP contribution is 2.46. The minimum absolute atomic E-state index is 0.0748. The Morgan fingerprint density at radius 3 is 1.68 bits per heavy atom. The topological polar surface area (TPSA) is 57.2 Å². The first kappa shape index (κ1) is 33.4. The highest BCUT2D eigenvalue weighted by Gasteiger charge is 2.27. The third-order valence-electron chi connectivity index (χ3n) is 10.3. The van der Waals surface area contributed by atoms with Crippen LogP contribution in [0.3, 0.4) is 0 Å². The van der Waals surface area contributed by atoms with Crippen molar-refractivity contribution >= 4 is 33.8 Å². The molecule has 0 fully saturated rings. The quantitative estimate of drug-likeness (QED) is 0.134. The van der Waals surface area contributed by atoms with Crippen LogP contribution in [0.5, 0.6) is 0 Å². The van der Waals surface area contributed by atoms with E-state index < -0.39 is 0 Å². The van der Waals surface area contributed by atoms with Gasteiger partial charge in [0.05, 0.1) is 17.4 Å². The molecule has 5 heteroatoms. The number of hydrogen-bond acceptors (Lipinski definition) is 3. The van der Waals surface area contributed by atoms with Crippen molar-refractivity contribution in [3.63, 3.8) is 0 Å². The number of nitrogens with two attached hydrogens (primary N) is 1. The van der Waals surface area contributed by atoms with Crippen molar-refractivity contribution in [2.45, 2.75) is 13.0 Å². The Labute approximate surface area is 311 Å². The predicted octanol–water partition coefficient (Wildman–Crippen LogP) is 11.1. The van der Waals surface area contributed by atoms with Crippen LogP contribution in [0.25, 0.3) is 44.2 Å². The maximum Gasteiger partial charge on any atom is 0.157 e. The molecule has 1 aliphatic rings. The molecule has 2 N–H and O–H groups in total. The fourth-order valence-electron chi connectivity index (χ4n) is 7.26. The molecule has 0 radical (unpaired) electrons. The molecule has 1 unspecified atom stereocenters. The molecule has 8 rings (SSSR count). The number of nitrogens with zero attached hydrogens (tertiary/aromatic N) is 4. The molecule has 7 aromatic rings. The minimum Gasteiger partial charge on any atom is -0.383 e. The van der Waals surface area contributed by atoms with Crippen molar-refractivity contribution < 1.29 is 0 Å². The van der Waals surface area contributed by atoms with Crippen LogP contribution in [-0.2, 0) is 0 Å². The zero-order valence-corrected chi connectivity index (χ0v) is 30.2. The van der Waals surface area contributed by atoms with E-state index in [1.165, 1.54) is 50.0 Å². The number of fused-ring (bicyclic) bond motifs is 2. The van der Waals surface area contributed by atoms with Gasteiger partial charge in [0, 0.05) is 30.8 Å². The Hall–Kier alpha value is -6.72. The van der Waals surface area contributed by atoms with Crippen LogP contribution in [-0.4, -0.2) is 25.8 Å². The second-order valence-corrected chi connectivity index (χ2v) is 13.5. The summed E-state index contributed by atoms with van der Waals surface area (Å²) in [4.78, 5) is 14.2. The second-order valence-electron chi connectivity index (χ2n) is 13.5. The zero-order chi connectivity index (χ0) is 36.5. The van der Waals surface area contributed by atoms with Crippen molar-refractivity contribution in [3.8, 4) is 33.4 Å². The summed E-state index contributed by atoms with van der Waals surface area (Å²) in [5.74, 6) is 2.00. The van der Waals surface area contributed by atoms with E-state index in [0.29, 0.717) is 11.7 Å². The second kappa shape index (κ2) is 14.1. The van der Waals surface area contributed by atoms with Gasteiger partial charge in [0.2, 0.25) is 0 Å². The highest BCUT2D eigenvalue weighted by atomic mass is 15.4. The Kier molecular flexibility index (Phi) is 8.91. The molecule has 0 amide bonds. The van der Waals surface area contributed by atoms with E-state index in [2.05, 4.69) is 141 Å². The van der Waals surface area contributed by atoms with E-state index in [4.69, 9.17) is 15.7 Å². The van der Waals surface area contributed by atoms with Gasteiger partial charge in [-0.05, 0) is 57.1 Å². The number of hydrogen-bond donors (Lipinski definition) is 1. The van der Waals surface area contributed by atoms with Gasteiger partial charge in [-0.2, -0.15) is 0 Å². The average molecular weight is 688 g/mol. The van der Waals surface area contributed by atoms with Gasteiger partial charge < -0.3 is 15.5 Å². The largest absolute Gasteiger partial charge is 0.383 e. The number of aliphatic imine (C=N–C) groups is 2. The van der Waals surface area contributed by atoms with Crippen LogP contribution in [0.1, 0.15) is 29.7 Å². The van der Waals surface area contributed by atoms with Gasteiger partial charge >= 0.3 is 0 Å². The number of para-hydroxylation sites is 1. The summed E-state index contributed by atoms with van der Waals surface area (Å²) in [6.07, 6.45) is 0. The fourth-order valence-corrected chi connectivity index (χ4v) is 7.26. The fraction of sp³-hybridized carbons (Fsp3) is 0.0833. The van der Waals surface area contributed by atoms with Crippen molar-refractivity contribution in [1.29, 1.82) is 0 Å². The lowest BCUT2D eigenvalue weighted by Gasteiger charge is -2.17. The minimum atomic E-state index is -0.0748. The molecule has 0 aliphatic carbocycles. The highest BCUT2D eigenvalue weighted by molar-refractivity contribution is 6.11. The first-order valence-corrected chi connectivity index (χ1v) is 17.9. The lowest BCUT2D eigenvalue weighted by Crippen LogP contribution is -2.20. The summed E-state index contributed by atoms with van der Waals surface area (Å²) in [5.41, 5.74) is 18.9. The molecule has 53 heavy (non-hydrogen) atoms. The molecule has 1 heterocycles. The van der Waals surface area contributed by atoms with Crippen LogP contribution >= 0.6 is 0 Å². The SMILES string of the molecule is C=C1N(C)c2cccc(-c3ccc(-c4ccc(-c5ccc(C(N)=NC(=NC(C)c6ccccc6)c6ccccc6)cc5)c5ccccc45)cc3)c2N1C. The molecular weight excluding hydrogens is 647 g/mol. The summed E-state index contributed by atoms with van der Waals surface area (Å²) in [6, 6.07) is 57.0. The molecule has 5 nitrogen and oxygen atoms in total. The van der Waals surface area contributed by atoms with Crippen molar-refractivity contribution in [3.05, 3.63) is 193 Å². The molecule has 0 bridgehead atoms. The molecule has 7 aromatic carbocycles. The van der Waals surface area contributed by atoms with Gasteiger partial charge in [-0.15, -0.1) is 0 Å². The maximum absolute atomic E-state index is 6.67. The van der Waals surface area contributed by atoms with Crippen molar-refractivity contribution in [2.24, 2.45) is 15.7 Å². The van der Waals surface area contributed by atoms with Gasteiger partial charge in [0.15, 0.2) is 5.84 Å². The molecule has 0 spiro atoms. The van der Waals surface area contributed by atoms with Crippen LogP contribution in [0, 0.1) is 0 Å². The van der Waals surface area contributed by atoms with E-state index >= 15 is 0 Å². The third-order valence-corrected chi connectivity index (χ3v) is 10.3. The standard InChI is InChI=1S/C48H41N5/c1-32(34-14-7-5-8-15-34)50-48(39-16-9-6-10-17-39)51-47(49)38-28-26-36(27-29-38)41-31-30-40(43-18-11-12-19-44(41)43)35-22-24-37(25-23-35)42-20-13-21-45-46(42)53(4)33(2)52(45)3/h5-32H,2H2,1,3-4H3,(H2,49,50,51). The molecule has 0 saturated heterocycles. The van der Waals surface area contributed by atoms with Gasteiger partial charge in [0.25, 0.3) is 0 Å². The lowest BCUT2D eigenvalue weighted by atomic mass is 9.91. The van der Waals surface area contributed by atoms with Crippen molar-refractivity contribution in [1.82, 2.24) is 0 Å². The number of benzene rings is 7. The molecule has 0 aromatic heterocycles. The summed E-state index contributed by atoms with van der Waals surface area (Å²) < 4.78 is 0. The molecule has 258 valence electrons. The van der Waals surface area contributed by atoms with Gasteiger partial charge in [-0.3, -0.25) is 4.99 Å². The van der Waals surface area contributed by atoms with Crippen LogP contribution in [0.2, 0.25) is 0 Å². The summed E-state index contributed by atoms with van der Waals surface area (Å²) in [7, 11) is 4.15. The number of rotatable bonds is 7. The third kappa shape index (κ3) is 6.38. The summed E-state index contributed by atoms with van der Waals surface area (Å²) in [6.45, 7) is 6.34. The average Bonchev–Trinajstić information content (AvgIpc) is 3.44.